The van der Waals surface area contributed by atoms with Crippen LogP contribution in [0.2, 0.25) is 0 Å². The molecule has 7 nitrogen and oxygen atoms in total. The first kappa shape index (κ1) is 27.6. The molecule has 2 unspecified atom stereocenters. The lowest BCUT2D eigenvalue weighted by Gasteiger charge is -2.49. The topological polar surface area (TPSA) is 92.9 Å². The average Bonchev–Trinajstić information content (AvgIpc) is 2.81. The summed E-state index contributed by atoms with van der Waals surface area (Å²) < 4.78 is 29.4. The number of piperidine rings is 1. The molecule has 35 heavy (non-hydrogen) atoms. The van der Waals surface area contributed by atoms with Gasteiger partial charge in [-0.15, -0.1) is 12.4 Å². The smallest absolute Gasteiger partial charge is 0.255 e. The zero-order valence-corrected chi connectivity index (χ0v) is 22.1. The Balaban J connectivity index is 0.00000342. The van der Waals surface area contributed by atoms with Crippen LogP contribution >= 0.6 is 12.4 Å². The third-order valence-corrected chi connectivity index (χ3v) is 8.40. The number of primary sulfonamides is 1. The van der Waals surface area contributed by atoms with Crippen LogP contribution in [-0.2, 0) is 32.4 Å². The number of nitrogens with two attached hydrogens (primary N) is 1. The van der Waals surface area contributed by atoms with Gasteiger partial charge in [0.15, 0.2) is 0 Å². The van der Waals surface area contributed by atoms with E-state index in [4.69, 9.17) is 9.88 Å². The molecule has 2 atom stereocenters. The molecular formula is C26H36ClN3O4S. The van der Waals surface area contributed by atoms with Gasteiger partial charge in [-0.3, -0.25) is 4.79 Å². The van der Waals surface area contributed by atoms with E-state index in [0.29, 0.717) is 13.0 Å². The van der Waals surface area contributed by atoms with Gasteiger partial charge in [-0.25, -0.2) is 13.6 Å². The maximum atomic E-state index is 12.8. The minimum absolute atomic E-state index is 0. The Labute approximate surface area is 215 Å². The molecule has 1 amide bonds. The Bertz CT molecular complexity index is 1100. The van der Waals surface area contributed by atoms with Gasteiger partial charge in [-0.05, 0) is 62.8 Å². The van der Waals surface area contributed by atoms with Crippen LogP contribution in [0.5, 0.6) is 0 Å². The Morgan fingerprint density at radius 3 is 2.40 bits per heavy atom. The summed E-state index contributed by atoms with van der Waals surface area (Å²) in [5, 5.41) is 4.68. The Hall–Kier alpha value is -1.97. The van der Waals surface area contributed by atoms with E-state index in [1.807, 2.05) is 54.3 Å². The molecule has 2 N–H and O–H groups in total. The van der Waals surface area contributed by atoms with Gasteiger partial charge in [0.1, 0.15) is 6.10 Å². The van der Waals surface area contributed by atoms with Crippen molar-refractivity contribution < 1.29 is 17.9 Å². The quantitative estimate of drug-likeness (QED) is 0.604. The first-order chi connectivity index (χ1) is 16.2. The first-order valence-electron chi connectivity index (χ1n) is 12.0. The van der Waals surface area contributed by atoms with E-state index in [2.05, 4.69) is 17.0 Å². The molecule has 192 valence electrons. The lowest BCUT2D eigenvalue weighted by molar-refractivity contribution is -0.161. The highest BCUT2D eigenvalue weighted by Crippen LogP contribution is 2.35. The number of benzene rings is 2. The lowest BCUT2D eigenvalue weighted by Crippen LogP contribution is -2.61. The number of sulfonamides is 1. The maximum absolute atomic E-state index is 12.8. The normalized spacial score (nSPS) is 21.5. The second-order valence-electron chi connectivity index (χ2n) is 9.72. The number of carbonyl (C=O) groups excluding carboxylic acids is 1. The molecule has 0 bridgehead atoms. The molecule has 1 spiro atoms. The second kappa shape index (κ2) is 11.4. The Morgan fingerprint density at radius 2 is 1.74 bits per heavy atom. The molecule has 9 heteroatoms. The first-order valence-corrected chi connectivity index (χ1v) is 13.6. The van der Waals surface area contributed by atoms with Crippen molar-refractivity contribution in [3.63, 3.8) is 0 Å². The molecule has 0 aliphatic carbocycles. The molecule has 2 heterocycles. The summed E-state index contributed by atoms with van der Waals surface area (Å²) in [6, 6.07) is 18.0. The van der Waals surface area contributed by atoms with Crippen molar-refractivity contribution in [1.82, 2.24) is 4.90 Å². The lowest BCUT2D eigenvalue weighted by atomic mass is 9.88. The third-order valence-electron chi connectivity index (χ3n) is 7.11. The van der Waals surface area contributed by atoms with Gasteiger partial charge >= 0.3 is 0 Å². The second-order valence-corrected chi connectivity index (χ2v) is 11.7. The zero-order chi connectivity index (χ0) is 24.3. The number of hydrogen-bond donors (Lipinski definition) is 1. The molecule has 2 aliphatic rings. The van der Waals surface area contributed by atoms with E-state index in [1.165, 1.54) is 5.56 Å². The van der Waals surface area contributed by atoms with Crippen molar-refractivity contribution in [3.8, 4) is 0 Å². The van der Waals surface area contributed by atoms with Crippen LogP contribution in [0.3, 0.4) is 0 Å². The molecule has 0 saturated carbocycles. The number of morpholine rings is 1. The molecule has 4 rings (SSSR count). The summed E-state index contributed by atoms with van der Waals surface area (Å²) in [6.45, 7) is 6.87. The average molecular weight is 522 g/mol. The fourth-order valence-electron chi connectivity index (χ4n) is 4.98. The molecule has 2 aromatic rings. The van der Waals surface area contributed by atoms with Crippen LogP contribution in [0.4, 0.5) is 5.69 Å². The fraction of sp³-hybridized carbons (Fsp3) is 0.500. The molecule has 2 saturated heterocycles. The molecule has 2 aromatic carbocycles. The summed E-state index contributed by atoms with van der Waals surface area (Å²) in [5.41, 5.74) is 2.82. The number of ether oxygens (including phenoxy) is 1. The molecule has 2 fully saturated rings. The van der Waals surface area contributed by atoms with Crippen molar-refractivity contribution >= 4 is 34.0 Å². The highest BCUT2D eigenvalue weighted by Gasteiger charge is 2.45. The van der Waals surface area contributed by atoms with E-state index >= 15 is 0 Å². The van der Waals surface area contributed by atoms with Crippen LogP contribution in [0.25, 0.3) is 0 Å². The maximum Gasteiger partial charge on any atom is 0.255 e. The van der Waals surface area contributed by atoms with Crippen molar-refractivity contribution in [2.24, 2.45) is 5.14 Å². The zero-order valence-electron chi connectivity index (χ0n) is 20.4. The standard InChI is InChI=1S/C26H35N3O4S.ClH/c1-20(34(27,31)32)17-23-8-6-7-22(18-23)11-14-28-15-12-26(13-16-28)19-29(25(30)21(2)33-26)24-9-4-3-5-10-24;/h3-10,18,20-21H,11-17,19H2,1-2H3,(H2,27,31,32);1H. The highest BCUT2D eigenvalue weighted by atomic mass is 35.5. The van der Waals surface area contributed by atoms with Crippen molar-refractivity contribution in [3.05, 3.63) is 65.7 Å². The molecule has 0 aromatic heterocycles. The van der Waals surface area contributed by atoms with Crippen molar-refractivity contribution in [1.29, 1.82) is 0 Å². The number of halogens is 1. The molecule has 2 aliphatic heterocycles. The van der Waals surface area contributed by atoms with Crippen molar-refractivity contribution in [2.45, 2.75) is 56.5 Å². The van der Waals surface area contributed by atoms with Crippen LogP contribution in [0, 0.1) is 0 Å². The van der Waals surface area contributed by atoms with Crippen LogP contribution in [0.1, 0.15) is 37.8 Å². The van der Waals surface area contributed by atoms with Gasteiger partial charge in [-0.2, -0.15) is 0 Å². The highest BCUT2D eigenvalue weighted by molar-refractivity contribution is 7.89. The third kappa shape index (κ3) is 6.83. The van der Waals surface area contributed by atoms with E-state index in [0.717, 1.165) is 50.1 Å². The number of likely N-dealkylation sites (tertiary alicyclic amines) is 1. The van der Waals surface area contributed by atoms with Crippen molar-refractivity contribution in [2.75, 3.05) is 31.1 Å². The van der Waals surface area contributed by atoms with Crippen LogP contribution < -0.4 is 10.0 Å². The van der Waals surface area contributed by atoms with Gasteiger partial charge in [-0.1, -0.05) is 42.5 Å². The predicted octanol–water partition coefficient (Wildman–Crippen LogP) is 3.16. The monoisotopic (exact) mass is 521 g/mol. The fourth-order valence-corrected chi connectivity index (χ4v) is 5.41. The van der Waals surface area contributed by atoms with E-state index in [1.54, 1.807) is 6.92 Å². The summed E-state index contributed by atoms with van der Waals surface area (Å²) in [4.78, 5) is 17.1. The number of anilines is 1. The van der Waals surface area contributed by atoms with E-state index < -0.39 is 21.4 Å². The van der Waals surface area contributed by atoms with Gasteiger partial charge in [0.05, 0.1) is 17.4 Å². The Morgan fingerprint density at radius 1 is 1.09 bits per heavy atom. The SMILES string of the molecule is CC1OC2(CCN(CCc3cccc(CC(C)S(N)(=O)=O)c3)CC2)CN(c2ccccc2)C1=O.Cl. The summed E-state index contributed by atoms with van der Waals surface area (Å²) in [6.07, 6.45) is 2.66. The van der Waals surface area contributed by atoms with E-state index in [-0.39, 0.29) is 23.9 Å². The molecule has 0 radical (unpaired) electrons. The van der Waals surface area contributed by atoms with Crippen LogP contribution in [-0.4, -0.2) is 62.4 Å². The van der Waals surface area contributed by atoms with Gasteiger partial charge in [0.25, 0.3) is 5.91 Å². The minimum atomic E-state index is -3.53. The number of amides is 1. The van der Waals surface area contributed by atoms with Crippen LogP contribution in [0.15, 0.2) is 54.6 Å². The number of hydrogen-bond acceptors (Lipinski definition) is 5. The summed E-state index contributed by atoms with van der Waals surface area (Å²) in [5.74, 6) is 0.0240. The van der Waals surface area contributed by atoms with Gasteiger partial charge in [0, 0.05) is 25.3 Å². The largest absolute Gasteiger partial charge is 0.360 e. The number of para-hydroxylation sites is 1. The summed E-state index contributed by atoms with van der Waals surface area (Å²) in [7, 11) is -3.53. The summed E-state index contributed by atoms with van der Waals surface area (Å²) >= 11 is 0. The molecular weight excluding hydrogens is 486 g/mol. The van der Waals surface area contributed by atoms with Gasteiger partial charge < -0.3 is 14.5 Å². The van der Waals surface area contributed by atoms with E-state index in [9.17, 15) is 13.2 Å². The minimum Gasteiger partial charge on any atom is -0.360 e. The number of carbonyl (C=O) groups is 1. The van der Waals surface area contributed by atoms with Gasteiger partial charge in [0.2, 0.25) is 10.0 Å². The number of nitrogens with zero attached hydrogens (tertiary/aromatic N) is 2. The predicted molar refractivity (Wildman–Crippen MR) is 141 cm³/mol. The number of rotatable bonds is 7. The Kier molecular flexibility index (Phi) is 8.99.